The number of amides is 1. The summed E-state index contributed by atoms with van der Waals surface area (Å²) in [6.07, 6.45) is 0.231. The van der Waals surface area contributed by atoms with Crippen molar-refractivity contribution in [2.75, 3.05) is 6.54 Å². The largest absolute Gasteiger partial charge is 0.354 e. The van der Waals surface area contributed by atoms with Crippen molar-refractivity contribution in [1.82, 2.24) is 19.7 Å². The molecule has 0 saturated heterocycles. The molecule has 3 aromatic rings. The van der Waals surface area contributed by atoms with E-state index in [-0.39, 0.29) is 36.9 Å². The van der Waals surface area contributed by atoms with Crippen LogP contribution in [0.25, 0.3) is 11.4 Å². The van der Waals surface area contributed by atoms with E-state index >= 15 is 0 Å². The number of aromatic nitrogens is 3. The van der Waals surface area contributed by atoms with Gasteiger partial charge in [0.25, 0.3) is 0 Å². The van der Waals surface area contributed by atoms with E-state index in [0.717, 1.165) is 5.56 Å². The summed E-state index contributed by atoms with van der Waals surface area (Å²) in [5.74, 6) is -0.0702. The lowest BCUT2D eigenvalue weighted by molar-refractivity contribution is -0.120. The second-order valence-electron chi connectivity index (χ2n) is 6.05. The highest BCUT2D eigenvalue weighted by Crippen LogP contribution is 2.15. The van der Waals surface area contributed by atoms with Gasteiger partial charge >= 0.3 is 5.69 Å². The van der Waals surface area contributed by atoms with E-state index in [1.165, 1.54) is 21.4 Å². The fourth-order valence-electron chi connectivity index (χ4n) is 2.64. The summed E-state index contributed by atoms with van der Waals surface area (Å²) < 4.78 is 15.7. The van der Waals surface area contributed by atoms with E-state index in [1.54, 1.807) is 43.4 Å². The van der Waals surface area contributed by atoms with Crippen molar-refractivity contribution in [1.29, 1.82) is 0 Å². The summed E-state index contributed by atoms with van der Waals surface area (Å²) in [5, 5.41) is 7.66. The first-order valence-corrected chi connectivity index (χ1v) is 8.73. The SMILES string of the molecule is Cn1c(-c2ccc(F)cc2)nn(CCNC(=O)Cc2ccc(Cl)cc2)c1=O. The van der Waals surface area contributed by atoms with E-state index < -0.39 is 0 Å². The quantitative estimate of drug-likeness (QED) is 0.705. The second kappa shape index (κ2) is 8.18. The van der Waals surface area contributed by atoms with Crippen LogP contribution in [0.4, 0.5) is 4.39 Å². The number of halogens is 2. The summed E-state index contributed by atoms with van der Waals surface area (Å²) >= 11 is 5.82. The lowest BCUT2D eigenvalue weighted by atomic mass is 10.1. The van der Waals surface area contributed by atoms with Crippen LogP contribution in [-0.2, 0) is 24.8 Å². The highest BCUT2D eigenvalue weighted by Gasteiger charge is 2.12. The molecule has 0 radical (unpaired) electrons. The van der Waals surface area contributed by atoms with E-state index in [1.807, 2.05) is 0 Å². The van der Waals surface area contributed by atoms with Crippen LogP contribution in [0.2, 0.25) is 5.02 Å². The number of nitrogens with zero attached hydrogens (tertiary/aromatic N) is 3. The number of carbonyl (C=O) groups is 1. The predicted octanol–water partition coefficient (Wildman–Crippen LogP) is 2.40. The molecule has 3 rings (SSSR count). The average molecular weight is 389 g/mol. The molecule has 0 spiro atoms. The van der Waals surface area contributed by atoms with Gasteiger partial charge in [-0.3, -0.25) is 9.36 Å². The van der Waals surface area contributed by atoms with Crippen molar-refractivity contribution < 1.29 is 9.18 Å². The van der Waals surface area contributed by atoms with Gasteiger partial charge in [-0.25, -0.2) is 13.9 Å². The minimum Gasteiger partial charge on any atom is -0.354 e. The molecule has 8 heteroatoms. The number of hydrogen-bond donors (Lipinski definition) is 1. The minimum absolute atomic E-state index is 0.153. The van der Waals surface area contributed by atoms with Crippen LogP contribution >= 0.6 is 11.6 Å². The molecule has 2 aromatic carbocycles. The Morgan fingerprint density at radius 3 is 2.48 bits per heavy atom. The van der Waals surface area contributed by atoms with E-state index in [2.05, 4.69) is 10.4 Å². The molecule has 6 nitrogen and oxygen atoms in total. The van der Waals surface area contributed by atoms with Gasteiger partial charge in [0.1, 0.15) is 5.82 Å². The topological polar surface area (TPSA) is 68.9 Å². The summed E-state index contributed by atoms with van der Waals surface area (Å²) in [6, 6.07) is 12.8. The Morgan fingerprint density at radius 2 is 1.81 bits per heavy atom. The van der Waals surface area contributed by atoms with Crippen molar-refractivity contribution in [3.05, 3.63) is 75.4 Å². The highest BCUT2D eigenvalue weighted by atomic mass is 35.5. The van der Waals surface area contributed by atoms with Gasteiger partial charge in [-0.15, -0.1) is 5.10 Å². The third-order valence-electron chi connectivity index (χ3n) is 4.07. The van der Waals surface area contributed by atoms with Gasteiger partial charge in [-0.1, -0.05) is 23.7 Å². The van der Waals surface area contributed by atoms with Crippen molar-refractivity contribution >= 4 is 17.5 Å². The monoisotopic (exact) mass is 388 g/mol. The molecule has 0 atom stereocenters. The summed E-state index contributed by atoms with van der Waals surface area (Å²) in [6.45, 7) is 0.506. The fraction of sp³-hybridized carbons (Fsp3) is 0.211. The zero-order valence-electron chi connectivity index (χ0n) is 14.7. The van der Waals surface area contributed by atoms with E-state index in [0.29, 0.717) is 16.4 Å². The Labute approximate surface area is 160 Å². The third kappa shape index (κ3) is 4.62. The molecule has 1 aromatic heterocycles. The lowest BCUT2D eigenvalue weighted by Crippen LogP contribution is -2.32. The van der Waals surface area contributed by atoms with E-state index in [4.69, 9.17) is 11.6 Å². The Morgan fingerprint density at radius 1 is 1.15 bits per heavy atom. The normalized spacial score (nSPS) is 10.8. The molecular weight excluding hydrogens is 371 g/mol. The number of carbonyl (C=O) groups excluding carboxylic acids is 1. The van der Waals surface area contributed by atoms with Crippen LogP contribution in [0.5, 0.6) is 0 Å². The van der Waals surface area contributed by atoms with Gasteiger partial charge in [0.2, 0.25) is 5.91 Å². The molecule has 0 unspecified atom stereocenters. The average Bonchev–Trinajstić information content (AvgIpc) is 2.93. The number of rotatable bonds is 6. The molecule has 0 fully saturated rings. The number of nitrogens with one attached hydrogen (secondary N) is 1. The molecule has 0 aliphatic rings. The second-order valence-corrected chi connectivity index (χ2v) is 6.48. The van der Waals surface area contributed by atoms with Crippen LogP contribution in [0.15, 0.2) is 53.3 Å². The van der Waals surface area contributed by atoms with Gasteiger partial charge < -0.3 is 5.32 Å². The van der Waals surface area contributed by atoms with Gasteiger partial charge in [0.05, 0.1) is 13.0 Å². The maximum atomic E-state index is 13.1. The maximum Gasteiger partial charge on any atom is 0.345 e. The first kappa shape index (κ1) is 18.8. The molecule has 1 heterocycles. The minimum atomic E-state index is -0.355. The van der Waals surface area contributed by atoms with E-state index in [9.17, 15) is 14.0 Å². The van der Waals surface area contributed by atoms with Crippen molar-refractivity contribution in [3.8, 4) is 11.4 Å². The molecule has 0 aliphatic carbocycles. The van der Waals surface area contributed by atoms with Crippen LogP contribution < -0.4 is 11.0 Å². The van der Waals surface area contributed by atoms with Crippen molar-refractivity contribution in [3.63, 3.8) is 0 Å². The molecule has 27 heavy (non-hydrogen) atoms. The Bertz CT molecular complexity index is 994. The third-order valence-corrected chi connectivity index (χ3v) is 4.32. The Hall–Kier alpha value is -2.93. The van der Waals surface area contributed by atoms with Gasteiger partial charge in [-0.2, -0.15) is 0 Å². The van der Waals surface area contributed by atoms with Crippen LogP contribution in [0.3, 0.4) is 0 Å². The number of hydrogen-bond acceptors (Lipinski definition) is 3. The molecule has 140 valence electrons. The zero-order chi connectivity index (χ0) is 19.4. The Kier molecular flexibility index (Phi) is 5.71. The molecule has 1 amide bonds. The van der Waals surface area contributed by atoms with Crippen LogP contribution in [0.1, 0.15) is 5.56 Å². The molecule has 1 N–H and O–H groups in total. The maximum absolute atomic E-state index is 13.1. The van der Waals surface area contributed by atoms with Gasteiger partial charge in [0.15, 0.2) is 5.82 Å². The summed E-state index contributed by atoms with van der Waals surface area (Å²) in [4.78, 5) is 24.3. The molecule has 0 bridgehead atoms. The van der Waals surface area contributed by atoms with Crippen molar-refractivity contribution in [2.24, 2.45) is 7.05 Å². The predicted molar refractivity (Wildman–Crippen MR) is 101 cm³/mol. The molecule has 0 aliphatic heterocycles. The lowest BCUT2D eigenvalue weighted by Gasteiger charge is -2.05. The van der Waals surface area contributed by atoms with Crippen molar-refractivity contribution in [2.45, 2.75) is 13.0 Å². The Balaban J connectivity index is 1.60. The fourth-order valence-corrected chi connectivity index (χ4v) is 2.76. The van der Waals surface area contributed by atoms with Gasteiger partial charge in [0, 0.05) is 24.2 Å². The first-order valence-electron chi connectivity index (χ1n) is 8.35. The molecule has 0 saturated carbocycles. The van der Waals surface area contributed by atoms with Crippen LogP contribution in [0, 0.1) is 5.82 Å². The smallest absolute Gasteiger partial charge is 0.345 e. The number of benzene rings is 2. The summed E-state index contributed by atoms with van der Waals surface area (Å²) in [5.41, 5.74) is 1.19. The highest BCUT2D eigenvalue weighted by molar-refractivity contribution is 6.30. The molecular formula is C19H18ClFN4O2. The zero-order valence-corrected chi connectivity index (χ0v) is 15.4. The van der Waals surface area contributed by atoms with Gasteiger partial charge in [-0.05, 0) is 42.0 Å². The summed E-state index contributed by atoms with van der Waals surface area (Å²) in [7, 11) is 1.60. The standard InChI is InChI=1S/C19H18ClFN4O2/c1-24-18(14-4-8-16(21)9-5-14)23-25(19(24)27)11-10-22-17(26)12-13-2-6-15(20)7-3-13/h2-9H,10-12H2,1H3,(H,22,26). The first-order chi connectivity index (χ1) is 12.9. The van der Waals surface area contributed by atoms with Crippen LogP contribution in [-0.4, -0.2) is 26.8 Å².